The minimum Gasteiger partial charge on any atom is -0.481 e. The molecule has 3 rings (SSSR count). The normalized spacial score (nSPS) is 27.1. The molecule has 0 bridgehead atoms. The van der Waals surface area contributed by atoms with Crippen molar-refractivity contribution in [2.75, 3.05) is 39.4 Å². The van der Waals surface area contributed by atoms with Gasteiger partial charge in [0.1, 0.15) is 12.4 Å². The zero-order valence-electron chi connectivity index (χ0n) is 14.6. The predicted octanol–water partition coefficient (Wildman–Crippen LogP) is 1.44. The largest absolute Gasteiger partial charge is 0.481 e. The summed E-state index contributed by atoms with van der Waals surface area (Å²) in [6.45, 7) is 5.27. The van der Waals surface area contributed by atoms with Crippen molar-refractivity contribution in [2.24, 2.45) is 11.3 Å². The van der Waals surface area contributed by atoms with Gasteiger partial charge in [0.15, 0.2) is 0 Å². The second kappa shape index (κ2) is 7.58. The number of fused-ring (bicyclic) bond motifs is 1. The Kier molecular flexibility index (Phi) is 5.44. The maximum atomic E-state index is 12.3. The van der Waals surface area contributed by atoms with Crippen LogP contribution in [0.1, 0.15) is 25.5 Å². The average Bonchev–Trinajstić information content (AvgIpc) is 3.17. The molecule has 3 heterocycles. The zero-order valence-corrected chi connectivity index (χ0v) is 14.6. The number of carboxylic acids is 1. The molecule has 2 saturated heterocycles. The molecule has 7 nitrogen and oxygen atoms in total. The summed E-state index contributed by atoms with van der Waals surface area (Å²) in [4.78, 5) is 28.4. The van der Waals surface area contributed by atoms with E-state index in [9.17, 15) is 14.7 Å². The summed E-state index contributed by atoms with van der Waals surface area (Å²) < 4.78 is 10.6. The van der Waals surface area contributed by atoms with Crippen molar-refractivity contribution in [3.63, 3.8) is 0 Å². The van der Waals surface area contributed by atoms with Crippen LogP contribution in [0.15, 0.2) is 22.8 Å². The van der Waals surface area contributed by atoms with Crippen molar-refractivity contribution < 1.29 is 23.8 Å². The van der Waals surface area contributed by atoms with Crippen molar-refractivity contribution in [1.29, 1.82) is 0 Å². The van der Waals surface area contributed by atoms with Gasteiger partial charge in [0.05, 0.1) is 18.2 Å². The molecule has 7 heteroatoms. The minimum atomic E-state index is -0.784. The quantitative estimate of drug-likeness (QED) is 0.836. The van der Waals surface area contributed by atoms with Gasteiger partial charge in [-0.2, -0.15) is 0 Å². The van der Waals surface area contributed by atoms with E-state index in [1.54, 1.807) is 11.2 Å². The number of rotatable bonds is 6. The molecule has 0 radical (unpaired) electrons. The topological polar surface area (TPSA) is 83.2 Å². The lowest BCUT2D eigenvalue weighted by molar-refractivity contribution is -0.151. The molecule has 0 saturated carbocycles. The summed E-state index contributed by atoms with van der Waals surface area (Å²) >= 11 is 0. The van der Waals surface area contributed by atoms with Gasteiger partial charge < -0.3 is 19.2 Å². The van der Waals surface area contributed by atoms with Gasteiger partial charge in [-0.15, -0.1) is 0 Å². The van der Waals surface area contributed by atoms with Gasteiger partial charge in [0, 0.05) is 38.7 Å². The third kappa shape index (κ3) is 3.72. The molecule has 2 fully saturated rings. The molecule has 0 aromatic carbocycles. The highest BCUT2D eigenvalue weighted by Crippen LogP contribution is 2.43. The Morgan fingerprint density at radius 1 is 1.44 bits per heavy atom. The number of carboxylic acid groups (broad SMARTS) is 1. The van der Waals surface area contributed by atoms with Crippen molar-refractivity contribution >= 4 is 11.9 Å². The average molecular weight is 350 g/mol. The van der Waals surface area contributed by atoms with Gasteiger partial charge in [0.2, 0.25) is 5.91 Å². The molecule has 1 N–H and O–H groups in total. The first kappa shape index (κ1) is 17.9. The Morgan fingerprint density at radius 3 is 2.96 bits per heavy atom. The van der Waals surface area contributed by atoms with Crippen LogP contribution in [0.2, 0.25) is 0 Å². The standard InChI is InChI=1S/C18H26N2O5/c1-2-24-12-16(21)20-7-4-6-18(17(22)23)13-19(9-14(18)10-20)11-15-5-3-8-25-15/h3,5,8,14H,2,4,6-7,9-13H2,1H3,(H,22,23)/t14-,18+/m0/s1. The summed E-state index contributed by atoms with van der Waals surface area (Å²) in [5, 5.41) is 9.96. The number of nitrogens with zero attached hydrogens (tertiary/aromatic N) is 2. The van der Waals surface area contributed by atoms with E-state index in [1.807, 2.05) is 19.1 Å². The van der Waals surface area contributed by atoms with Crippen LogP contribution in [0.4, 0.5) is 0 Å². The number of furan rings is 1. The molecular weight excluding hydrogens is 324 g/mol. The van der Waals surface area contributed by atoms with Crippen LogP contribution in [-0.4, -0.2) is 66.2 Å². The molecule has 2 aliphatic rings. The van der Waals surface area contributed by atoms with E-state index in [-0.39, 0.29) is 18.4 Å². The van der Waals surface area contributed by atoms with Gasteiger partial charge in [-0.25, -0.2) is 0 Å². The van der Waals surface area contributed by atoms with Crippen molar-refractivity contribution in [2.45, 2.75) is 26.3 Å². The molecule has 0 aliphatic carbocycles. The van der Waals surface area contributed by atoms with Gasteiger partial charge in [-0.3, -0.25) is 14.5 Å². The monoisotopic (exact) mass is 350 g/mol. The van der Waals surface area contributed by atoms with Crippen LogP contribution in [0.3, 0.4) is 0 Å². The fraction of sp³-hybridized carbons (Fsp3) is 0.667. The summed E-state index contributed by atoms with van der Waals surface area (Å²) in [6, 6.07) is 3.74. The summed E-state index contributed by atoms with van der Waals surface area (Å²) in [6.07, 6.45) is 2.93. The predicted molar refractivity (Wildman–Crippen MR) is 89.9 cm³/mol. The highest BCUT2D eigenvalue weighted by molar-refractivity contribution is 5.79. The van der Waals surface area contributed by atoms with Crippen molar-refractivity contribution in [3.8, 4) is 0 Å². The Balaban J connectivity index is 1.73. The second-order valence-corrected chi connectivity index (χ2v) is 6.99. The Labute approximate surface area is 147 Å². The van der Waals surface area contributed by atoms with Crippen LogP contribution in [-0.2, 0) is 20.9 Å². The molecule has 0 spiro atoms. The van der Waals surface area contributed by atoms with Crippen LogP contribution in [0.25, 0.3) is 0 Å². The first-order valence-corrected chi connectivity index (χ1v) is 8.89. The molecule has 0 unspecified atom stereocenters. The zero-order chi connectivity index (χ0) is 17.9. The molecule has 25 heavy (non-hydrogen) atoms. The van der Waals surface area contributed by atoms with E-state index in [2.05, 4.69) is 4.90 Å². The van der Waals surface area contributed by atoms with Crippen molar-refractivity contribution in [3.05, 3.63) is 24.2 Å². The Bertz CT molecular complexity index is 603. The molecule has 2 atom stereocenters. The lowest BCUT2D eigenvalue weighted by Gasteiger charge is -2.29. The number of carbonyl (C=O) groups excluding carboxylic acids is 1. The van der Waals surface area contributed by atoms with Crippen LogP contribution < -0.4 is 0 Å². The molecule has 1 amide bonds. The maximum absolute atomic E-state index is 12.3. The minimum absolute atomic E-state index is 0.0486. The first-order chi connectivity index (χ1) is 12.0. The lowest BCUT2D eigenvalue weighted by atomic mass is 9.75. The SMILES string of the molecule is CCOCC(=O)N1CCC[C@@]2(C(=O)O)CN(Cc3ccco3)C[C@H]2C1. The molecule has 2 aliphatic heterocycles. The molecule has 1 aromatic rings. The van der Waals surface area contributed by atoms with E-state index in [1.165, 1.54) is 0 Å². The number of ether oxygens (including phenoxy) is 1. The molecule has 138 valence electrons. The van der Waals surface area contributed by atoms with E-state index in [0.29, 0.717) is 52.2 Å². The summed E-state index contributed by atoms with van der Waals surface area (Å²) in [7, 11) is 0. The fourth-order valence-electron chi connectivity index (χ4n) is 4.14. The number of amides is 1. The first-order valence-electron chi connectivity index (χ1n) is 8.89. The van der Waals surface area contributed by atoms with E-state index in [0.717, 1.165) is 5.76 Å². The lowest BCUT2D eigenvalue weighted by Crippen LogP contribution is -2.43. The highest BCUT2D eigenvalue weighted by Gasteiger charge is 2.53. The van der Waals surface area contributed by atoms with Crippen LogP contribution >= 0.6 is 0 Å². The van der Waals surface area contributed by atoms with Gasteiger partial charge >= 0.3 is 5.97 Å². The van der Waals surface area contributed by atoms with E-state index >= 15 is 0 Å². The van der Waals surface area contributed by atoms with Crippen LogP contribution in [0.5, 0.6) is 0 Å². The van der Waals surface area contributed by atoms with Gasteiger partial charge in [0.25, 0.3) is 0 Å². The van der Waals surface area contributed by atoms with Gasteiger partial charge in [-0.1, -0.05) is 0 Å². The number of likely N-dealkylation sites (tertiary alicyclic amines) is 2. The number of carbonyl (C=O) groups is 2. The third-order valence-electron chi connectivity index (χ3n) is 5.43. The highest BCUT2D eigenvalue weighted by atomic mass is 16.5. The maximum Gasteiger partial charge on any atom is 0.311 e. The number of hydrogen-bond donors (Lipinski definition) is 1. The van der Waals surface area contributed by atoms with E-state index in [4.69, 9.17) is 9.15 Å². The Morgan fingerprint density at radius 2 is 2.28 bits per heavy atom. The second-order valence-electron chi connectivity index (χ2n) is 6.99. The van der Waals surface area contributed by atoms with E-state index < -0.39 is 11.4 Å². The summed E-state index contributed by atoms with van der Waals surface area (Å²) in [5.74, 6) is -0.0413. The molecule has 1 aromatic heterocycles. The molecular formula is C18H26N2O5. The summed E-state index contributed by atoms with van der Waals surface area (Å²) in [5.41, 5.74) is -0.784. The number of aliphatic carboxylic acids is 1. The van der Waals surface area contributed by atoms with Crippen molar-refractivity contribution in [1.82, 2.24) is 9.80 Å². The van der Waals surface area contributed by atoms with Gasteiger partial charge in [-0.05, 0) is 31.9 Å². The van der Waals surface area contributed by atoms with Crippen LogP contribution in [0, 0.1) is 11.3 Å². The Hall–Kier alpha value is -1.86. The number of hydrogen-bond acceptors (Lipinski definition) is 5. The smallest absolute Gasteiger partial charge is 0.311 e. The fourth-order valence-corrected chi connectivity index (χ4v) is 4.14. The third-order valence-corrected chi connectivity index (χ3v) is 5.43.